The van der Waals surface area contributed by atoms with Gasteiger partial charge in [0.2, 0.25) is 5.91 Å². The van der Waals surface area contributed by atoms with Gasteiger partial charge in [-0.05, 0) is 19.4 Å². The number of nitrogens with one attached hydrogen (secondary N) is 1. The summed E-state index contributed by atoms with van der Waals surface area (Å²) in [5.41, 5.74) is 5.73. The van der Waals surface area contributed by atoms with E-state index in [0.29, 0.717) is 25.4 Å². The lowest BCUT2D eigenvalue weighted by molar-refractivity contribution is -0.125. The first kappa shape index (κ1) is 14.7. The molecule has 2 unspecified atom stereocenters. The number of anilines is 1. The number of nitrogens with two attached hydrogens (primary N) is 1. The van der Waals surface area contributed by atoms with Crippen molar-refractivity contribution in [2.45, 2.75) is 32.9 Å². The number of ether oxygens (including phenoxy) is 1. The van der Waals surface area contributed by atoms with Crippen LogP contribution in [0.15, 0.2) is 23.1 Å². The van der Waals surface area contributed by atoms with Crippen LogP contribution in [0.2, 0.25) is 0 Å². The molecule has 2 atom stereocenters. The third kappa shape index (κ3) is 2.76. The minimum Gasteiger partial charge on any atom is -0.379 e. The van der Waals surface area contributed by atoms with Crippen LogP contribution in [0.4, 0.5) is 5.69 Å². The lowest BCUT2D eigenvalue weighted by Crippen LogP contribution is -2.47. The maximum absolute atomic E-state index is 12.3. The number of pyridine rings is 1. The largest absolute Gasteiger partial charge is 0.379 e. The van der Waals surface area contributed by atoms with Gasteiger partial charge in [-0.15, -0.1) is 0 Å². The Kier molecular flexibility index (Phi) is 4.25. The molecule has 2 rings (SSSR count). The average molecular weight is 279 g/mol. The lowest BCUT2D eigenvalue weighted by Gasteiger charge is -2.25. The number of hydrogen-bond acceptors (Lipinski definition) is 4. The average Bonchev–Trinajstić information content (AvgIpc) is 2.75. The fourth-order valence-electron chi connectivity index (χ4n) is 2.22. The molecule has 1 aliphatic heterocycles. The number of rotatable bonds is 4. The van der Waals surface area contributed by atoms with E-state index in [0.717, 1.165) is 6.42 Å². The number of carbonyl (C=O) groups is 1. The van der Waals surface area contributed by atoms with Gasteiger partial charge in [-0.2, -0.15) is 0 Å². The van der Waals surface area contributed by atoms with Crippen LogP contribution in [0.3, 0.4) is 0 Å². The quantitative estimate of drug-likeness (QED) is 0.843. The van der Waals surface area contributed by atoms with Crippen LogP contribution in [0, 0.1) is 5.41 Å². The maximum atomic E-state index is 12.3. The van der Waals surface area contributed by atoms with E-state index in [1.807, 2.05) is 6.92 Å². The summed E-state index contributed by atoms with van der Waals surface area (Å²) < 4.78 is 6.86. The zero-order chi connectivity index (χ0) is 14.8. The summed E-state index contributed by atoms with van der Waals surface area (Å²) in [6, 6.07) is 2.75. The Morgan fingerprint density at radius 3 is 2.95 bits per heavy atom. The van der Waals surface area contributed by atoms with Gasteiger partial charge in [0.15, 0.2) is 0 Å². The summed E-state index contributed by atoms with van der Waals surface area (Å²) in [4.78, 5) is 24.0. The van der Waals surface area contributed by atoms with Crippen LogP contribution in [0.1, 0.15) is 20.3 Å². The summed E-state index contributed by atoms with van der Waals surface area (Å²) in [5.74, 6) is -0.177. The zero-order valence-corrected chi connectivity index (χ0v) is 11.9. The standard InChI is InChI=1S/C14H21N3O3/c1-3-6-17-7-10(4-5-12(17)18)16-13(19)14(2)9-20-8-11(14)15/h4-5,7,11H,3,6,8-9,15H2,1-2H3,(H,16,19). The van der Waals surface area contributed by atoms with Gasteiger partial charge in [-0.3, -0.25) is 9.59 Å². The SMILES string of the molecule is CCCn1cc(NC(=O)C2(C)COCC2N)ccc1=O. The molecule has 0 saturated carbocycles. The van der Waals surface area contributed by atoms with Crippen molar-refractivity contribution in [3.8, 4) is 0 Å². The second kappa shape index (κ2) is 5.76. The Hall–Kier alpha value is -1.66. The van der Waals surface area contributed by atoms with Gasteiger partial charge in [0.05, 0.1) is 24.3 Å². The van der Waals surface area contributed by atoms with Crippen LogP contribution in [0.25, 0.3) is 0 Å². The molecular weight excluding hydrogens is 258 g/mol. The van der Waals surface area contributed by atoms with E-state index < -0.39 is 5.41 Å². The second-order valence-electron chi connectivity index (χ2n) is 5.44. The highest BCUT2D eigenvalue weighted by molar-refractivity contribution is 5.95. The molecule has 1 aromatic heterocycles. The number of hydrogen-bond donors (Lipinski definition) is 2. The van der Waals surface area contributed by atoms with Gasteiger partial charge in [0, 0.05) is 24.8 Å². The first-order valence-electron chi connectivity index (χ1n) is 6.82. The van der Waals surface area contributed by atoms with Crippen molar-refractivity contribution in [2.24, 2.45) is 11.1 Å². The van der Waals surface area contributed by atoms with Crippen LogP contribution < -0.4 is 16.6 Å². The van der Waals surface area contributed by atoms with E-state index in [2.05, 4.69) is 5.32 Å². The van der Waals surface area contributed by atoms with Crippen molar-refractivity contribution >= 4 is 11.6 Å². The fourth-order valence-corrected chi connectivity index (χ4v) is 2.22. The van der Waals surface area contributed by atoms with E-state index in [-0.39, 0.29) is 17.5 Å². The molecule has 6 heteroatoms. The molecule has 3 N–H and O–H groups in total. The number of aryl methyl sites for hydroxylation is 1. The third-order valence-corrected chi connectivity index (χ3v) is 3.74. The van der Waals surface area contributed by atoms with Crippen molar-refractivity contribution in [1.82, 2.24) is 4.57 Å². The van der Waals surface area contributed by atoms with Crippen LogP contribution in [-0.4, -0.2) is 29.7 Å². The first-order chi connectivity index (χ1) is 9.47. The van der Waals surface area contributed by atoms with Gasteiger partial charge in [0.25, 0.3) is 5.56 Å². The molecular formula is C14H21N3O3. The number of carbonyl (C=O) groups excluding carboxylic acids is 1. The zero-order valence-electron chi connectivity index (χ0n) is 11.9. The molecule has 0 spiro atoms. The van der Waals surface area contributed by atoms with E-state index in [4.69, 9.17) is 10.5 Å². The van der Waals surface area contributed by atoms with Crippen LogP contribution >= 0.6 is 0 Å². The highest BCUT2D eigenvalue weighted by Crippen LogP contribution is 2.28. The Bertz CT molecular complexity index is 555. The highest BCUT2D eigenvalue weighted by Gasteiger charge is 2.44. The molecule has 1 aliphatic rings. The van der Waals surface area contributed by atoms with Crippen molar-refractivity contribution in [3.05, 3.63) is 28.7 Å². The molecule has 0 bridgehead atoms. The first-order valence-corrected chi connectivity index (χ1v) is 6.82. The Labute approximate surface area is 117 Å². The van der Waals surface area contributed by atoms with Gasteiger partial charge in [-0.1, -0.05) is 6.92 Å². The van der Waals surface area contributed by atoms with Gasteiger partial charge in [0.1, 0.15) is 0 Å². The number of nitrogens with zero attached hydrogens (tertiary/aromatic N) is 1. The molecule has 1 amide bonds. The Morgan fingerprint density at radius 1 is 1.60 bits per heavy atom. The molecule has 0 aromatic carbocycles. The van der Waals surface area contributed by atoms with Crippen LogP contribution in [-0.2, 0) is 16.1 Å². The van der Waals surface area contributed by atoms with E-state index >= 15 is 0 Å². The second-order valence-corrected chi connectivity index (χ2v) is 5.44. The van der Waals surface area contributed by atoms with Gasteiger partial charge < -0.3 is 20.4 Å². The summed E-state index contributed by atoms with van der Waals surface area (Å²) in [7, 11) is 0. The molecule has 6 nitrogen and oxygen atoms in total. The van der Waals surface area contributed by atoms with Crippen LogP contribution in [0.5, 0.6) is 0 Å². The predicted octanol–water partition coefficient (Wildman–Crippen LogP) is 0.561. The Morgan fingerprint density at radius 2 is 2.35 bits per heavy atom. The molecule has 0 radical (unpaired) electrons. The van der Waals surface area contributed by atoms with Crippen molar-refractivity contribution in [1.29, 1.82) is 0 Å². The van der Waals surface area contributed by atoms with E-state index in [1.165, 1.54) is 6.07 Å². The summed E-state index contributed by atoms with van der Waals surface area (Å²) in [5, 5.41) is 2.82. The molecule has 2 heterocycles. The lowest BCUT2D eigenvalue weighted by atomic mass is 9.85. The van der Waals surface area contributed by atoms with Crippen molar-refractivity contribution in [2.75, 3.05) is 18.5 Å². The van der Waals surface area contributed by atoms with Gasteiger partial charge >= 0.3 is 0 Å². The number of aromatic nitrogens is 1. The minimum absolute atomic E-state index is 0.0723. The third-order valence-electron chi connectivity index (χ3n) is 3.74. The Balaban J connectivity index is 2.16. The normalized spacial score (nSPS) is 25.6. The van der Waals surface area contributed by atoms with Crippen molar-refractivity contribution < 1.29 is 9.53 Å². The summed E-state index contributed by atoms with van der Waals surface area (Å²) >= 11 is 0. The molecule has 1 saturated heterocycles. The maximum Gasteiger partial charge on any atom is 0.250 e. The smallest absolute Gasteiger partial charge is 0.250 e. The monoisotopic (exact) mass is 279 g/mol. The van der Waals surface area contributed by atoms with Crippen molar-refractivity contribution in [3.63, 3.8) is 0 Å². The predicted molar refractivity (Wildman–Crippen MR) is 76.5 cm³/mol. The highest BCUT2D eigenvalue weighted by atomic mass is 16.5. The summed E-state index contributed by atoms with van der Waals surface area (Å²) in [6.45, 7) is 5.12. The topological polar surface area (TPSA) is 86.3 Å². The molecule has 20 heavy (non-hydrogen) atoms. The molecule has 1 aromatic rings. The fraction of sp³-hybridized carbons (Fsp3) is 0.571. The van der Waals surface area contributed by atoms with E-state index in [1.54, 1.807) is 23.8 Å². The van der Waals surface area contributed by atoms with E-state index in [9.17, 15) is 9.59 Å². The number of amides is 1. The molecule has 0 aliphatic carbocycles. The minimum atomic E-state index is -0.730. The summed E-state index contributed by atoms with van der Waals surface area (Å²) in [6.07, 6.45) is 2.52. The van der Waals surface area contributed by atoms with Gasteiger partial charge in [-0.25, -0.2) is 0 Å². The molecule has 1 fully saturated rings. The molecule has 110 valence electrons.